The average Bonchev–Trinajstić information content (AvgIpc) is 2.52. The molecule has 2 rings (SSSR count). The molecule has 0 aromatic rings. The van der Waals surface area contributed by atoms with Gasteiger partial charge in [0, 0.05) is 30.4 Å². The lowest BCUT2D eigenvalue weighted by Gasteiger charge is -2.31. The zero-order valence-corrected chi connectivity index (χ0v) is 9.24. The topological polar surface area (TPSA) is 12.5 Å². The summed E-state index contributed by atoms with van der Waals surface area (Å²) in [6.45, 7) is 9.21. The molecule has 0 N–H and O–H groups in total. The largest absolute Gasteiger partial charge is 0.381 e. The maximum atomic E-state index is 5.36. The molecule has 3 heteroatoms. The monoisotopic (exact) mass is 201 g/mol. The van der Waals surface area contributed by atoms with Crippen molar-refractivity contribution in [3.8, 4) is 0 Å². The van der Waals surface area contributed by atoms with E-state index in [2.05, 4.69) is 36.9 Å². The summed E-state index contributed by atoms with van der Waals surface area (Å²) in [5.41, 5.74) is 0. The summed E-state index contributed by atoms with van der Waals surface area (Å²) in [5.74, 6) is 1.21. The second-order valence-corrected chi connectivity index (χ2v) is 5.00. The van der Waals surface area contributed by atoms with E-state index in [1.807, 2.05) is 0 Å². The Morgan fingerprint density at radius 3 is 2.38 bits per heavy atom. The Morgan fingerprint density at radius 1 is 1.31 bits per heavy atom. The highest BCUT2D eigenvalue weighted by Gasteiger charge is 2.38. The normalized spacial score (nSPS) is 26.8. The number of rotatable bonds is 0. The summed E-state index contributed by atoms with van der Waals surface area (Å²) in [6, 6.07) is 0. The summed E-state index contributed by atoms with van der Waals surface area (Å²) >= 11 is 2.12. The molecule has 2 aliphatic heterocycles. The highest BCUT2D eigenvalue weighted by atomic mass is 32.2. The molecule has 1 spiro atoms. The molecule has 0 aromatic heterocycles. The van der Waals surface area contributed by atoms with Crippen LogP contribution >= 0.6 is 11.8 Å². The molecule has 0 amide bonds. The fraction of sp³-hybridized carbons (Fsp3) is 0.800. The summed E-state index contributed by atoms with van der Waals surface area (Å²) in [5, 5.41) is 0. The van der Waals surface area contributed by atoms with E-state index < -0.39 is 0 Å². The van der Waals surface area contributed by atoms with E-state index in [-0.39, 0.29) is 0 Å². The van der Waals surface area contributed by atoms with E-state index >= 15 is 0 Å². The molecule has 76 valence electrons. The molecule has 2 aliphatic rings. The maximum Gasteiger partial charge on any atom is 0.0479 e. The number of hydrogen-bond acceptors (Lipinski definition) is 3. The Bertz CT molecular complexity index is 151. The van der Waals surface area contributed by atoms with Crippen LogP contribution in [0, 0.1) is 0 Å². The van der Waals surface area contributed by atoms with Crippen molar-refractivity contribution < 1.29 is 4.74 Å². The van der Waals surface area contributed by atoms with Crippen LogP contribution in [0.5, 0.6) is 0 Å². The summed E-state index contributed by atoms with van der Waals surface area (Å²) in [7, 11) is 2.21. The van der Waals surface area contributed by atoms with Crippen LogP contribution in [0.4, 0.5) is 0 Å². The summed E-state index contributed by atoms with van der Waals surface area (Å²) in [4.78, 5) is 2.41. The second-order valence-electron chi connectivity index (χ2n) is 3.58. The van der Waals surface area contributed by atoms with Gasteiger partial charge in [0.25, 0.3) is 0 Å². The molecule has 0 unspecified atom stereocenters. The van der Waals surface area contributed by atoms with Gasteiger partial charge in [0.1, 0.15) is 0 Å². The third kappa shape index (κ3) is 2.73. The predicted molar refractivity (Wildman–Crippen MR) is 59.1 cm³/mol. The van der Waals surface area contributed by atoms with Gasteiger partial charge in [-0.1, -0.05) is 0 Å². The second kappa shape index (κ2) is 5.03. The fourth-order valence-corrected chi connectivity index (χ4v) is 3.23. The highest BCUT2D eigenvalue weighted by Crippen LogP contribution is 2.40. The van der Waals surface area contributed by atoms with Gasteiger partial charge >= 0.3 is 0 Å². The third-order valence-corrected chi connectivity index (χ3v) is 4.27. The van der Waals surface area contributed by atoms with Crippen molar-refractivity contribution in [3.05, 3.63) is 13.2 Å². The van der Waals surface area contributed by atoms with E-state index in [1.165, 1.54) is 25.3 Å². The molecule has 2 fully saturated rings. The Morgan fingerprint density at radius 2 is 1.92 bits per heavy atom. The molecule has 2 heterocycles. The first kappa shape index (κ1) is 11.1. The number of nitrogens with zero attached hydrogens (tertiary/aromatic N) is 1. The molecule has 0 radical (unpaired) electrons. The van der Waals surface area contributed by atoms with Gasteiger partial charge in [0.2, 0.25) is 0 Å². The molecule has 0 saturated carbocycles. The molecule has 0 atom stereocenters. The van der Waals surface area contributed by atoms with Gasteiger partial charge in [-0.3, -0.25) is 4.90 Å². The van der Waals surface area contributed by atoms with Crippen LogP contribution in [0.25, 0.3) is 0 Å². The van der Waals surface area contributed by atoms with Crippen LogP contribution in [-0.2, 0) is 4.74 Å². The van der Waals surface area contributed by atoms with E-state index in [0.29, 0.717) is 4.75 Å². The van der Waals surface area contributed by atoms with Gasteiger partial charge in [0.15, 0.2) is 0 Å². The number of hydrogen-bond donors (Lipinski definition) is 0. The fourth-order valence-electron chi connectivity index (χ4n) is 1.88. The number of ether oxygens (including phenoxy) is 1. The first-order valence-corrected chi connectivity index (χ1v) is 5.70. The van der Waals surface area contributed by atoms with Gasteiger partial charge in [-0.05, 0) is 19.9 Å². The number of thioether (sulfide) groups is 1. The molecule has 13 heavy (non-hydrogen) atoms. The van der Waals surface area contributed by atoms with E-state index in [0.717, 1.165) is 13.2 Å². The Kier molecular flexibility index (Phi) is 4.29. The van der Waals surface area contributed by atoms with Crippen molar-refractivity contribution in [3.63, 3.8) is 0 Å². The minimum Gasteiger partial charge on any atom is -0.381 e. The van der Waals surface area contributed by atoms with E-state index in [9.17, 15) is 0 Å². The van der Waals surface area contributed by atoms with Crippen molar-refractivity contribution >= 4 is 11.8 Å². The van der Waals surface area contributed by atoms with Crippen molar-refractivity contribution in [1.29, 1.82) is 0 Å². The standard InChI is InChI=1S/C8H15NOS.C2H4/c1-9-6-8(11-7-9)2-4-10-5-3-8;1-2/h2-7H2,1H3;1-2H2. The minimum atomic E-state index is 0.562. The molecule has 0 aromatic carbocycles. The first-order chi connectivity index (χ1) is 6.31. The van der Waals surface area contributed by atoms with Crippen LogP contribution in [0.1, 0.15) is 12.8 Å². The lowest BCUT2D eigenvalue weighted by Crippen LogP contribution is -2.36. The molecule has 0 bridgehead atoms. The van der Waals surface area contributed by atoms with Gasteiger partial charge in [-0.15, -0.1) is 24.9 Å². The van der Waals surface area contributed by atoms with Crippen molar-refractivity contribution in [2.75, 3.05) is 32.7 Å². The lowest BCUT2D eigenvalue weighted by molar-refractivity contribution is 0.0738. The maximum absolute atomic E-state index is 5.36. The summed E-state index contributed by atoms with van der Waals surface area (Å²) in [6.07, 6.45) is 2.50. The summed E-state index contributed by atoms with van der Waals surface area (Å²) < 4.78 is 5.92. The Hall–Kier alpha value is 0.01000. The van der Waals surface area contributed by atoms with Gasteiger partial charge in [0.05, 0.1) is 0 Å². The van der Waals surface area contributed by atoms with Crippen LogP contribution < -0.4 is 0 Å². The minimum absolute atomic E-state index is 0.562. The van der Waals surface area contributed by atoms with Gasteiger partial charge in [-0.25, -0.2) is 0 Å². The lowest BCUT2D eigenvalue weighted by atomic mass is 9.99. The van der Waals surface area contributed by atoms with Crippen LogP contribution in [0.15, 0.2) is 13.2 Å². The smallest absolute Gasteiger partial charge is 0.0479 e. The van der Waals surface area contributed by atoms with Crippen molar-refractivity contribution in [2.24, 2.45) is 0 Å². The van der Waals surface area contributed by atoms with Crippen LogP contribution in [0.3, 0.4) is 0 Å². The van der Waals surface area contributed by atoms with Crippen LogP contribution in [-0.4, -0.2) is 42.3 Å². The molecular formula is C10H19NOS. The Labute approximate surface area is 85.3 Å². The van der Waals surface area contributed by atoms with Crippen molar-refractivity contribution in [2.45, 2.75) is 17.6 Å². The van der Waals surface area contributed by atoms with E-state index in [4.69, 9.17) is 4.74 Å². The van der Waals surface area contributed by atoms with Gasteiger partial charge < -0.3 is 4.74 Å². The highest BCUT2D eigenvalue weighted by molar-refractivity contribution is 8.00. The van der Waals surface area contributed by atoms with E-state index in [1.54, 1.807) is 0 Å². The molecular weight excluding hydrogens is 182 g/mol. The Balaban J connectivity index is 0.000000396. The third-order valence-electron chi connectivity index (χ3n) is 2.55. The SMILES string of the molecule is C=C.CN1CSC2(CCOCC2)C1. The first-order valence-electron chi connectivity index (χ1n) is 4.71. The molecule has 0 aliphatic carbocycles. The average molecular weight is 201 g/mol. The zero-order chi connectivity index (χ0) is 9.73. The van der Waals surface area contributed by atoms with Gasteiger partial charge in [-0.2, -0.15) is 0 Å². The quantitative estimate of drug-likeness (QED) is 0.556. The molecule has 2 saturated heterocycles. The molecule has 2 nitrogen and oxygen atoms in total. The zero-order valence-electron chi connectivity index (χ0n) is 8.42. The van der Waals surface area contributed by atoms with Crippen LogP contribution in [0.2, 0.25) is 0 Å². The van der Waals surface area contributed by atoms with Crippen molar-refractivity contribution in [1.82, 2.24) is 4.90 Å². The predicted octanol–water partition coefficient (Wildman–Crippen LogP) is 1.97.